The van der Waals surface area contributed by atoms with Crippen molar-refractivity contribution in [2.75, 3.05) is 11.1 Å². The van der Waals surface area contributed by atoms with Crippen LogP contribution in [0, 0.1) is 13.8 Å². The van der Waals surface area contributed by atoms with Crippen LogP contribution in [0.3, 0.4) is 0 Å². The number of thioether (sulfide) groups is 1. The zero-order valence-electron chi connectivity index (χ0n) is 14.9. The molecule has 0 radical (unpaired) electrons. The van der Waals surface area contributed by atoms with Gasteiger partial charge in [0.05, 0.1) is 5.75 Å². The first-order valence-electron chi connectivity index (χ1n) is 8.20. The Bertz CT molecular complexity index is 945. The van der Waals surface area contributed by atoms with Crippen LogP contribution in [0.15, 0.2) is 52.1 Å². The predicted molar refractivity (Wildman–Crippen MR) is 105 cm³/mol. The van der Waals surface area contributed by atoms with Crippen molar-refractivity contribution in [3.8, 4) is 5.75 Å². The number of halogens is 1. The molecule has 1 N–H and O–H groups in total. The third-order valence-corrected chi connectivity index (χ3v) is 4.65. The van der Waals surface area contributed by atoms with Gasteiger partial charge >= 0.3 is 0 Å². The van der Waals surface area contributed by atoms with E-state index in [-0.39, 0.29) is 18.3 Å². The molecule has 0 unspecified atom stereocenters. The fourth-order valence-electron chi connectivity index (χ4n) is 2.25. The first kappa shape index (κ1) is 19.3. The van der Waals surface area contributed by atoms with Gasteiger partial charge in [-0.05, 0) is 49.2 Å². The number of nitrogens with one attached hydrogen (secondary N) is 1. The second-order valence-corrected chi connectivity index (χ2v) is 7.23. The molecule has 27 heavy (non-hydrogen) atoms. The van der Waals surface area contributed by atoms with E-state index in [0.29, 0.717) is 21.8 Å². The molecule has 0 aliphatic rings. The van der Waals surface area contributed by atoms with Crippen LogP contribution in [0.2, 0.25) is 5.02 Å². The van der Waals surface area contributed by atoms with Crippen LogP contribution in [-0.4, -0.2) is 21.9 Å². The van der Waals surface area contributed by atoms with Gasteiger partial charge in [0, 0.05) is 10.7 Å². The molecule has 140 valence electrons. The molecule has 1 aromatic heterocycles. The summed E-state index contributed by atoms with van der Waals surface area (Å²) in [6, 6.07) is 13.0. The minimum Gasteiger partial charge on any atom is -0.484 e. The van der Waals surface area contributed by atoms with Crippen molar-refractivity contribution in [2.24, 2.45) is 0 Å². The lowest BCUT2D eigenvalue weighted by molar-refractivity contribution is -0.113. The summed E-state index contributed by atoms with van der Waals surface area (Å²) in [6.45, 7) is 4.06. The molecule has 3 aromatic rings. The van der Waals surface area contributed by atoms with Gasteiger partial charge in [0.1, 0.15) is 5.75 Å². The fourth-order valence-corrected chi connectivity index (χ4v) is 3.00. The number of carbonyl (C=O) groups excluding carboxylic acids is 1. The summed E-state index contributed by atoms with van der Waals surface area (Å²) < 4.78 is 11.1. The Morgan fingerprint density at radius 1 is 1.22 bits per heavy atom. The minimum absolute atomic E-state index is 0.145. The number of rotatable bonds is 7. The van der Waals surface area contributed by atoms with Crippen LogP contribution in [-0.2, 0) is 11.4 Å². The highest BCUT2D eigenvalue weighted by Crippen LogP contribution is 2.22. The Balaban J connectivity index is 1.49. The van der Waals surface area contributed by atoms with E-state index in [9.17, 15) is 4.79 Å². The van der Waals surface area contributed by atoms with Gasteiger partial charge in [-0.15, -0.1) is 10.2 Å². The molecule has 1 amide bonds. The monoisotopic (exact) mass is 403 g/mol. The average Bonchev–Trinajstić information content (AvgIpc) is 3.09. The first-order valence-corrected chi connectivity index (χ1v) is 9.56. The Morgan fingerprint density at radius 2 is 2.07 bits per heavy atom. The van der Waals surface area contributed by atoms with Crippen LogP contribution >= 0.6 is 23.4 Å². The topological polar surface area (TPSA) is 77.2 Å². The number of benzene rings is 2. The summed E-state index contributed by atoms with van der Waals surface area (Å²) in [5, 5.41) is 11.6. The first-order chi connectivity index (χ1) is 13.0. The lowest BCUT2D eigenvalue weighted by Crippen LogP contribution is -2.14. The summed E-state index contributed by atoms with van der Waals surface area (Å²) in [5.74, 6) is 1.05. The molecule has 6 nitrogen and oxygen atoms in total. The van der Waals surface area contributed by atoms with E-state index >= 15 is 0 Å². The largest absolute Gasteiger partial charge is 0.484 e. The molecule has 0 atom stereocenters. The van der Waals surface area contributed by atoms with Crippen molar-refractivity contribution in [1.29, 1.82) is 0 Å². The molecular formula is C19H18ClN3O3S. The number of carbonyl (C=O) groups is 1. The highest BCUT2D eigenvalue weighted by atomic mass is 35.5. The van der Waals surface area contributed by atoms with Gasteiger partial charge in [0.25, 0.3) is 11.1 Å². The number of amides is 1. The van der Waals surface area contributed by atoms with Crippen LogP contribution in [0.5, 0.6) is 5.75 Å². The van der Waals surface area contributed by atoms with Crippen molar-refractivity contribution in [3.63, 3.8) is 0 Å². The van der Waals surface area contributed by atoms with Crippen LogP contribution in [0.1, 0.15) is 17.0 Å². The zero-order chi connectivity index (χ0) is 19.2. The number of hydrogen-bond acceptors (Lipinski definition) is 6. The van der Waals surface area contributed by atoms with Crippen molar-refractivity contribution in [3.05, 3.63) is 64.5 Å². The maximum Gasteiger partial charge on any atom is 0.277 e. The third-order valence-electron chi connectivity index (χ3n) is 3.60. The highest BCUT2D eigenvalue weighted by molar-refractivity contribution is 7.99. The summed E-state index contributed by atoms with van der Waals surface area (Å²) in [6.07, 6.45) is 0. The smallest absolute Gasteiger partial charge is 0.277 e. The van der Waals surface area contributed by atoms with Gasteiger partial charge in [-0.25, -0.2) is 0 Å². The molecule has 0 aliphatic heterocycles. The minimum atomic E-state index is -0.180. The second-order valence-electron chi connectivity index (χ2n) is 5.86. The SMILES string of the molecule is Cc1cccc(OCc2nnc(SCC(=O)Nc3cc(Cl)ccc3C)o2)c1. The van der Waals surface area contributed by atoms with Crippen molar-refractivity contribution in [2.45, 2.75) is 25.7 Å². The predicted octanol–water partition coefficient (Wildman–Crippen LogP) is 4.65. The number of ether oxygens (including phenoxy) is 1. The average molecular weight is 404 g/mol. The number of hydrogen-bond donors (Lipinski definition) is 1. The number of aromatic nitrogens is 2. The van der Waals surface area contributed by atoms with Gasteiger partial charge in [-0.2, -0.15) is 0 Å². The lowest BCUT2D eigenvalue weighted by Gasteiger charge is -2.07. The Hall–Kier alpha value is -2.51. The van der Waals surface area contributed by atoms with Crippen LogP contribution in [0.25, 0.3) is 0 Å². The van der Waals surface area contributed by atoms with Gasteiger partial charge in [-0.1, -0.05) is 41.6 Å². The van der Waals surface area contributed by atoms with Gasteiger partial charge in [0.2, 0.25) is 5.91 Å². The molecule has 0 fully saturated rings. The van der Waals surface area contributed by atoms with Crippen molar-refractivity contribution in [1.82, 2.24) is 10.2 Å². The van der Waals surface area contributed by atoms with E-state index < -0.39 is 0 Å². The van der Waals surface area contributed by atoms with Crippen LogP contribution < -0.4 is 10.1 Å². The summed E-state index contributed by atoms with van der Waals surface area (Å²) in [7, 11) is 0. The molecule has 0 saturated heterocycles. The molecule has 0 aliphatic carbocycles. The maximum absolute atomic E-state index is 12.1. The Morgan fingerprint density at radius 3 is 2.89 bits per heavy atom. The molecular weight excluding hydrogens is 386 g/mol. The summed E-state index contributed by atoms with van der Waals surface area (Å²) in [4.78, 5) is 12.1. The van der Waals surface area contributed by atoms with Crippen molar-refractivity contribution >= 4 is 35.0 Å². The normalized spacial score (nSPS) is 10.6. The lowest BCUT2D eigenvalue weighted by atomic mass is 10.2. The molecule has 0 spiro atoms. The highest BCUT2D eigenvalue weighted by Gasteiger charge is 2.11. The Kier molecular flexibility index (Phi) is 6.36. The third kappa shape index (κ3) is 5.74. The maximum atomic E-state index is 12.1. The van der Waals surface area contributed by atoms with E-state index in [2.05, 4.69) is 15.5 Å². The molecule has 0 bridgehead atoms. The van der Waals surface area contributed by atoms with E-state index in [1.165, 1.54) is 0 Å². The number of anilines is 1. The quantitative estimate of drug-likeness (QED) is 0.578. The zero-order valence-corrected chi connectivity index (χ0v) is 16.4. The van der Waals surface area contributed by atoms with E-state index in [1.54, 1.807) is 12.1 Å². The summed E-state index contributed by atoms with van der Waals surface area (Å²) >= 11 is 7.12. The summed E-state index contributed by atoms with van der Waals surface area (Å²) in [5.41, 5.74) is 2.73. The molecule has 2 aromatic carbocycles. The van der Waals surface area contributed by atoms with E-state index in [1.807, 2.05) is 44.2 Å². The molecule has 8 heteroatoms. The van der Waals surface area contributed by atoms with E-state index in [4.69, 9.17) is 20.8 Å². The Labute approximate surface area is 166 Å². The van der Waals surface area contributed by atoms with Gasteiger partial charge < -0.3 is 14.5 Å². The molecule has 0 saturated carbocycles. The number of aryl methyl sites for hydroxylation is 2. The van der Waals surface area contributed by atoms with Crippen LogP contribution in [0.4, 0.5) is 5.69 Å². The second kappa shape index (κ2) is 8.92. The molecule has 1 heterocycles. The van der Waals surface area contributed by atoms with Crippen molar-refractivity contribution < 1.29 is 13.9 Å². The fraction of sp³-hybridized carbons (Fsp3) is 0.211. The molecule has 3 rings (SSSR count). The van der Waals surface area contributed by atoms with E-state index in [0.717, 1.165) is 28.6 Å². The van der Waals surface area contributed by atoms with Gasteiger partial charge in [0.15, 0.2) is 6.61 Å². The standard InChI is InChI=1S/C19H18ClN3O3S/c1-12-4-3-5-15(8-12)25-10-18-22-23-19(26-18)27-11-17(24)21-16-9-14(20)7-6-13(16)2/h3-9H,10-11H2,1-2H3,(H,21,24). The number of nitrogens with zero attached hydrogens (tertiary/aromatic N) is 2. The van der Waals surface area contributed by atoms with Gasteiger partial charge in [-0.3, -0.25) is 4.79 Å².